The first-order valence-electron chi connectivity index (χ1n) is 6.98. The van der Waals surface area contributed by atoms with Crippen molar-refractivity contribution in [1.82, 2.24) is 15.6 Å². The molecule has 0 saturated carbocycles. The highest BCUT2D eigenvalue weighted by atomic mass is 16.5. The second kappa shape index (κ2) is 8.78. The molecular formula is C14H22N4O3. The molecule has 0 aliphatic heterocycles. The molecule has 0 bridgehead atoms. The Hall–Kier alpha value is -2.31. The summed E-state index contributed by atoms with van der Waals surface area (Å²) in [7, 11) is 0. The zero-order valence-electron chi connectivity index (χ0n) is 12.6. The van der Waals surface area contributed by atoms with Gasteiger partial charge in [0.1, 0.15) is 0 Å². The SMILES string of the molecule is CCNC(=O)Nc1ccc(OCC(=O)N[C@H](C)CC)nc1. The van der Waals surface area contributed by atoms with Gasteiger partial charge in [0, 0.05) is 18.7 Å². The summed E-state index contributed by atoms with van der Waals surface area (Å²) < 4.78 is 5.27. The molecule has 0 saturated heterocycles. The summed E-state index contributed by atoms with van der Waals surface area (Å²) in [4.78, 5) is 26.9. The van der Waals surface area contributed by atoms with Gasteiger partial charge in [-0.2, -0.15) is 0 Å². The number of pyridine rings is 1. The van der Waals surface area contributed by atoms with Gasteiger partial charge in [0.15, 0.2) is 6.61 Å². The third kappa shape index (κ3) is 6.60. The fourth-order valence-electron chi connectivity index (χ4n) is 1.43. The van der Waals surface area contributed by atoms with Crippen molar-refractivity contribution < 1.29 is 14.3 Å². The van der Waals surface area contributed by atoms with Crippen LogP contribution in [0.3, 0.4) is 0 Å². The number of nitrogens with zero attached hydrogens (tertiary/aromatic N) is 1. The highest BCUT2D eigenvalue weighted by Crippen LogP contribution is 2.11. The molecule has 116 valence electrons. The van der Waals surface area contributed by atoms with Gasteiger partial charge in [0.05, 0.1) is 11.9 Å². The number of rotatable bonds is 7. The van der Waals surface area contributed by atoms with E-state index in [9.17, 15) is 9.59 Å². The Morgan fingerprint density at radius 3 is 2.67 bits per heavy atom. The van der Waals surface area contributed by atoms with Gasteiger partial charge < -0.3 is 20.7 Å². The van der Waals surface area contributed by atoms with E-state index in [0.29, 0.717) is 18.1 Å². The molecule has 3 N–H and O–H groups in total. The molecule has 0 aromatic carbocycles. The van der Waals surface area contributed by atoms with E-state index in [1.54, 1.807) is 12.1 Å². The van der Waals surface area contributed by atoms with Gasteiger partial charge in [-0.3, -0.25) is 4.79 Å². The van der Waals surface area contributed by atoms with E-state index in [4.69, 9.17) is 4.74 Å². The van der Waals surface area contributed by atoms with Crippen molar-refractivity contribution in [3.05, 3.63) is 18.3 Å². The Bertz CT molecular complexity index is 462. The first kappa shape index (κ1) is 16.7. The van der Waals surface area contributed by atoms with Gasteiger partial charge in [-0.15, -0.1) is 0 Å². The topological polar surface area (TPSA) is 92.4 Å². The minimum Gasteiger partial charge on any atom is -0.468 e. The summed E-state index contributed by atoms with van der Waals surface area (Å²) in [5.41, 5.74) is 0.553. The van der Waals surface area contributed by atoms with Gasteiger partial charge in [0.2, 0.25) is 5.88 Å². The number of anilines is 1. The standard InChI is InChI=1S/C14H22N4O3/c1-4-10(3)17-12(19)9-21-13-7-6-11(8-16-13)18-14(20)15-5-2/h6-8,10H,4-5,9H2,1-3H3,(H,17,19)(H2,15,18,20)/t10-/m1/s1. The number of carbonyl (C=O) groups is 2. The molecule has 1 rings (SSSR count). The normalized spacial score (nSPS) is 11.4. The smallest absolute Gasteiger partial charge is 0.319 e. The molecule has 0 radical (unpaired) electrons. The Morgan fingerprint density at radius 1 is 1.33 bits per heavy atom. The van der Waals surface area contributed by atoms with E-state index in [1.807, 2.05) is 20.8 Å². The lowest BCUT2D eigenvalue weighted by Crippen LogP contribution is -2.35. The number of urea groups is 1. The third-order valence-electron chi connectivity index (χ3n) is 2.70. The number of aromatic nitrogens is 1. The Kier molecular flexibility index (Phi) is 7.00. The molecule has 1 aromatic heterocycles. The maximum Gasteiger partial charge on any atom is 0.319 e. The van der Waals surface area contributed by atoms with Gasteiger partial charge in [-0.25, -0.2) is 9.78 Å². The molecular weight excluding hydrogens is 272 g/mol. The van der Waals surface area contributed by atoms with Crippen LogP contribution in [0.1, 0.15) is 27.2 Å². The number of hydrogen-bond donors (Lipinski definition) is 3. The second-order valence-corrected chi connectivity index (χ2v) is 4.54. The van der Waals surface area contributed by atoms with Gasteiger partial charge >= 0.3 is 6.03 Å². The number of nitrogens with one attached hydrogen (secondary N) is 3. The van der Waals surface area contributed by atoms with Crippen molar-refractivity contribution in [1.29, 1.82) is 0 Å². The van der Waals surface area contributed by atoms with Crippen molar-refractivity contribution in [2.24, 2.45) is 0 Å². The molecule has 0 aliphatic carbocycles. The predicted molar refractivity (Wildman–Crippen MR) is 80.3 cm³/mol. The van der Waals surface area contributed by atoms with E-state index in [-0.39, 0.29) is 24.6 Å². The third-order valence-corrected chi connectivity index (χ3v) is 2.70. The summed E-state index contributed by atoms with van der Waals surface area (Å²) in [5, 5.41) is 8.03. The van der Waals surface area contributed by atoms with Crippen LogP contribution < -0.4 is 20.7 Å². The lowest BCUT2D eigenvalue weighted by molar-refractivity contribution is -0.123. The summed E-state index contributed by atoms with van der Waals surface area (Å²) in [6, 6.07) is 3.08. The molecule has 0 spiro atoms. The van der Waals surface area contributed by atoms with Gasteiger partial charge in [-0.1, -0.05) is 6.92 Å². The second-order valence-electron chi connectivity index (χ2n) is 4.54. The highest BCUT2D eigenvalue weighted by Gasteiger charge is 2.07. The summed E-state index contributed by atoms with van der Waals surface area (Å²) in [6.07, 6.45) is 2.33. The maximum atomic E-state index is 11.5. The number of carbonyl (C=O) groups excluding carboxylic acids is 2. The van der Waals surface area contributed by atoms with Crippen molar-refractivity contribution in [3.63, 3.8) is 0 Å². The summed E-state index contributed by atoms with van der Waals surface area (Å²) in [6.45, 7) is 6.22. The fraction of sp³-hybridized carbons (Fsp3) is 0.500. The van der Waals surface area contributed by atoms with Crippen LogP contribution in [0.4, 0.5) is 10.5 Å². The van der Waals surface area contributed by atoms with Crippen LogP contribution in [0.5, 0.6) is 5.88 Å². The van der Waals surface area contributed by atoms with Crippen molar-refractivity contribution in [2.45, 2.75) is 33.2 Å². The van der Waals surface area contributed by atoms with Crippen LogP contribution >= 0.6 is 0 Å². The first-order chi connectivity index (χ1) is 10.0. The number of amides is 3. The Morgan fingerprint density at radius 2 is 2.10 bits per heavy atom. The zero-order valence-corrected chi connectivity index (χ0v) is 12.6. The van der Waals surface area contributed by atoms with E-state index in [1.165, 1.54) is 6.20 Å². The number of ether oxygens (including phenoxy) is 1. The van der Waals surface area contributed by atoms with E-state index >= 15 is 0 Å². The van der Waals surface area contributed by atoms with Crippen LogP contribution in [0.15, 0.2) is 18.3 Å². The molecule has 7 heteroatoms. The molecule has 0 unspecified atom stereocenters. The predicted octanol–water partition coefficient (Wildman–Crippen LogP) is 1.52. The van der Waals surface area contributed by atoms with E-state index in [0.717, 1.165) is 6.42 Å². The molecule has 21 heavy (non-hydrogen) atoms. The molecule has 1 aromatic rings. The molecule has 1 atom stereocenters. The number of hydrogen-bond acceptors (Lipinski definition) is 4. The van der Waals surface area contributed by atoms with E-state index in [2.05, 4.69) is 20.9 Å². The fourth-order valence-corrected chi connectivity index (χ4v) is 1.43. The average Bonchev–Trinajstić information content (AvgIpc) is 2.46. The Labute approximate surface area is 124 Å². The average molecular weight is 294 g/mol. The van der Waals surface area contributed by atoms with Crippen LogP contribution in [0.25, 0.3) is 0 Å². The molecule has 1 heterocycles. The minimum absolute atomic E-state index is 0.0829. The monoisotopic (exact) mass is 294 g/mol. The largest absolute Gasteiger partial charge is 0.468 e. The van der Waals surface area contributed by atoms with Crippen LogP contribution in [0.2, 0.25) is 0 Å². The van der Waals surface area contributed by atoms with Crippen LogP contribution in [-0.4, -0.2) is 36.1 Å². The summed E-state index contributed by atoms with van der Waals surface area (Å²) >= 11 is 0. The summed E-state index contributed by atoms with van der Waals surface area (Å²) in [5.74, 6) is 0.145. The molecule has 3 amide bonds. The van der Waals surface area contributed by atoms with Gasteiger partial charge in [-0.05, 0) is 26.3 Å². The maximum absolute atomic E-state index is 11.5. The lowest BCUT2D eigenvalue weighted by Gasteiger charge is -2.11. The van der Waals surface area contributed by atoms with Crippen LogP contribution in [0, 0.1) is 0 Å². The highest BCUT2D eigenvalue weighted by molar-refractivity contribution is 5.88. The van der Waals surface area contributed by atoms with Crippen molar-refractivity contribution in [2.75, 3.05) is 18.5 Å². The Balaban J connectivity index is 2.40. The quantitative estimate of drug-likeness (QED) is 0.711. The van der Waals surface area contributed by atoms with Gasteiger partial charge in [0.25, 0.3) is 5.91 Å². The minimum atomic E-state index is -0.291. The van der Waals surface area contributed by atoms with Crippen molar-refractivity contribution >= 4 is 17.6 Å². The zero-order chi connectivity index (χ0) is 15.7. The first-order valence-corrected chi connectivity index (χ1v) is 6.98. The molecule has 7 nitrogen and oxygen atoms in total. The van der Waals surface area contributed by atoms with Crippen molar-refractivity contribution in [3.8, 4) is 5.88 Å². The van der Waals surface area contributed by atoms with Crippen LogP contribution in [-0.2, 0) is 4.79 Å². The lowest BCUT2D eigenvalue weighted by atomic mass is 10.2. The molecule has 0 fully saturated rings. The molecule has 0 aliphatic rings. The van der Waals surface area contributed by atoms with E-state index < -0.39 is 0 Å².